The topological polar surface area (TPSA) is 12.9 Å². The van der Waals surface area contributed by atoms with Gasteiger partial charge in [-0.1, -0.05) is 0 Å². The Balaban J connectivity index is 0.00000121. The fourth-order valence-electron chi connectivity index (χ4n) is 0.615. The maximum atomic E-state index is 11.9. The van der Waals surface area contributed by atoms with E-state index < -0.39 is 11.9 Å². The first kappa shape index (κ1) is 12.3. The number of hydrogen-bond donors (Lipinski definition) is 1. The zero-order valence-electron chi connectivity index (χ0n) is 6.26. The van der Waals surface area contributed by atoms with Crippen LogP contribution >= 0.6 is 12.6 Å². The van der Waals surface area contributed by atoms with E-state index in [4.69, 9.17) is 0 Å². The Bertz CT molecular complexity index is 263. The van der Waals surface area contributed by atoms with Gasteiger partial charge in [0.15, 0.2) is 5.69 Å². The predicted molar refractivity (Wildman–Crippen MR) is 42.2 cm³/mol. The van der Waals surface area contributed by atoms with E-state index in [1.165, 1.54) is 12.1 Å². The Kier molecular flexibility index (Phi) is 4.61. The van der Waals surface area contributed by atoms with Crippen molar-refractivity contribution in [1.82, 2.24) is 4.98 Å². The summed E-state index contributed by atoms with van der Waals surface area (Å²) in [7, 11) is 0. The van der Waals surface area contributed by atoms with E-state index in [0.29, 0.717) is 0 Å². The average molecular weight is 202 g/mol. The molecule has 1 heterocycles. The third-order valence-electron chi connectivity index (χ3n) is 1.05. The van der Waals surface area contributed by atoms with Crippen LogP contribution in [0, 0.1) is 0 Å². The van der Waals surface area contributed by atoms with Crippen molar-refractivity contribution in [3.05, 3.63) is 24.0 Å². The summed E-state index contributed by atoms with van der Waals surface area (Å²) < 4.78 is 35.8. The molecule has 1 radical (unpaired) electrons. The van der Waals surface area contributed by atoms with Gasteiger partial charge in [-0.25, -0.2) is 0 Å². The van der Waals surface area contributed by atoms with Crippen LogP contribution in [-0.2, 0) is 6.18 Å². The van der Waals surface area contributed by atoms with Gasteiger partial charge in [0.1, 0.15) is 0 Å². The molecule has 0 saturated carbocycles. The predicted octanol–water partition coefficient (Wildman–Crippen LogP) is 2.01. The second kappa shape index (κ2) is 4.50. The Hall–Kier alpha value is 0.290. The first-order chi connectivity index (χ1) is 5.02. The van der Waals surface area contributed by atoms with E-state index in [1.54, 1.807) is 0 Å². The number of alkyl halides is 3. The summed E-state index contributed by atoms with van der Waals surface area (Å²) in [5.74, 6) is 0. The standard InChI is InChI=1S/C6H4F3NS.Na/c7-6(8,9)5-4(11)2-1-3-10-5;/h1-3,11H;. The van der Waals surface area contributed by atoms with E-state index in [0.717, 1.165) is 6.20 Å². The summed E-state index contributed by atoms with van der Waals surface area (Å²) in [5.41, 5.74) is -0.941. The zero-order chi connectivity index (χ0) is 8.48. The smallest absolute Gasteiger partial charge is 0.251 e. The molecule has 1 rings (SSSR count). The first-order valence-electron chi connectivity index (χ1n) is 2.73. The second-order valence-electron chi connectivity index (χ2n) is 1.87. The van der Waals surface area contributed by atoms with Gasteiger partial charge in [0.25, 0.3) is 0 Å². The molecule has 0 amide bonds. The third-order valence-corrected chi connectivity index (χ3v) is 1.42. The van der Waals surface area contributed by atoms with Crippen LogP contribution in [0.25, 0.3) is 0 Å². The fraction of sp³-hybridized carbons (Fsp3) is 0.167. The molecule has 0 aliphatic carbocycles. The number of thiol groups is 1. The minimum absolute atomic E-state index is 0. The van der Waals surface area contributed by atoms with Crippen molar-refractivity contribution in [3.63, 3.8) is 0 Å². The van der Waals surface area contributed by atoms with Crippen LogP contribution < -0.4 is 0 Å². The number of halogens is 3. The summed E-state index contributed by atoms with van der Waals surface area (Å²) in [5, 5.41) is 0. The summed E-state index contributed by atoms with van der Waals surface area (Å²) in [6, 6.07) is 2.65. The largest absolute Gasteiger partial charge is 0.434 e. The van der Waals surface area contributed by atoms with Crippen LogP contribution in [0.2, 0.25) is 0 Å². The van der Waals surface area contributed by atoms with E-state index in [1.807, 2.05) is 0 Å². The normalized spacial score (nSPS) is 10.7. The van der Waals surface area contributed by atoms with Crippen molar-refractivity contribution in [2.45, 2.75) is 11.1 Å². The van der Waals surface area contributed by atoms with Gasteiger partial charge in [-0.05, 0) is 12.1 Å². The number of nitrogens with zero attached hydrogens (tertiary/aromatic N) is 1. The third kappa shape index (κ3) is 2.97. The number of aromatic nitrogens is 1. The van der Waals surface area contributed by atoms with E-state index >= 15 is 0 Å². The Morgan fingerprint density at radius 2 is 1.92 bits per heavy atom. The second-order valence-corrected chi connectivity index (χ2v) is 2.35. The van der Waals surface area contributed by atoms with Crippen LogP contribution in [0.1, 0.15) is 5.69 Å². The molecule has 0 atom stereocenters. The van der Waals surface area contributed by atoms with Gasteiger partial charge < -0.3 is 0 Å². The fourth-order valence-corrected chi connectivity index (χ4v) is 0.886. The van der Waals surface area contributed by atoms with E-state index in [9.17, 15) is 13.2 Å². The Labute approximate surface area is 95.1 Å². The monoisotopic (exact) mass is 202 g/mol. The molecule has 0 unspecified atom stereocenters. The van der Waals surface area contributed by atoms with Crippen molar-refractivity contribution in [3.8, 4) is 0 Å². The summed E-state index contributed by atoms with van der Waals surface area (Å²) in [6.07, 6.45) is -3.32. The SMILES string of the molecule is FC(F)(F)c1ncccc1S.[Na]. The Morgan fingerprint density at radius 3 is 2.25 bits per heavy atom. The van der Waals surface area contributed by atoms with Crippen LogP contribution in [0.5, 0.6) is 0 Å². The average Bonchev–Trinajstić information content (AvgIpc) is 1.86. The molecule has 61 valence electrons. The van der Waals surface area contributed by atoms with Crippen LogP contribution in [0.4, 0.5) is 13.2 Å². The molecule has 1 aromatic heterocycles. The summed E-state index contributed by atoms with van der Waals surface area (Å²) in [6.45, 7) is 0. The number of pyridine rings is 1. The summed E-state index contributed by atoms with van der Waals surface area (Å²) >= 11 is 3.61. The molecule has 0 saturated heterocycles. The van der Waals surface area contributed by atoms with Crippen molar-refractivity contribution in [2.24, 2.45) is 0 Å². The molecule has 1 nitrogen and oxygen atoms in total. The molecule has 0 aliphatic heterocycles. The number of hydrogen-bond acceptors (Lipinski definition) is 2. The molecule has 0 fully saturated rings. The Morgan fingerprint density at radius 1 is 1.33 bits per heavy atom. The molecule has 12 heavy (non-hydrogen) atoms. The van der Waals surface area contributed by atoms with Gasteiger partial charge in [0.2, 0.25) is 0 Å². The van der Waals surface area contributed by atoms with Gasteiger partial charge in [-0.3, -0.25) is 4.98 Å². The van der Waals surface area contributed by atoms with Gasteiger partial charge in [-0.15, -0.1) is 12.6 Å². The molecule has 0 aromatic carbocycles. The van der Waals surface area contributed by atoms with Crippen molar-refractivity contribution in [1.29, 1.82) is 0 Å². The van der Waals surface area contributed by atoms with Crippen molar-refractivity contribution in [2.75, 3.05) is 0 Å². The van der Waals surface area contributed by atoms with E-state index in [2.05, 4.69) is 17.6 Å². The summed E-state index contributed by atoms with van der Waals surface area (Å²) in [4.78, 5) is 3.00. The van der Waals surface area contributed by atoms with Crippen molar-refractivity contribution >= 4 is 42.2 Å². The molecular weight excluding hydrogens is 198 g/mol. The van der Waals surface area contributed by atoms with Crippen LogP contribution in [0.3, 0.4) is 0 Å². The zero-order valence-corrected chi connectivity index (χ0v) is 9.15. The van der Waals surface area contributed by atoms with Crippen molar-refractivity contribution < 1.29 is 13.2 Å². The molecule has 0 aliphatic rings. The molecule has 0 spiro atoms. The minimum atomic E-state index is -4.40. The minimum Gasteiger partial charge on any atom is -0.251 e. The van der Waals surface area contributed by atoms with Crippen LogP contribution in [-0.4, -0.2) is 34.5 Å². The molecule has 0 N–H and O–H groups in total. The van der Waals surface area contributed by atoms with Gasteiger partial charge in [0.05, 0.1) is 0 Å². The van der Waals surface area contributed by atoms with Crippen LogP contribution in [0.15, 0.2) is 23.2 Å². The molecular formula is C6H4F3NNaS. The van der Waals surface area contributed by atoms with E-state index in [-0.39, 0.29) is 34.5 Å². The molecule has 0 bridgehead atoms. The van der Waals surface area contributed by atoms with Gasteiger partial charge >= 0.3 is 6.18 Å². The number of rotatable bonds is 0. The molecule has 1 aromatic rings. The quantitative estimate of drug-likeness (QED) is 0.501. The molecule has 6 heteroatoms. The van der Waals surface area contributed by atoms with Gasteiger partial charge in [0, 0.05) is 40.6 Å². The first-order valence-corrected chi connectivity index (χ1v) is 3.17. The maximum absolute atomic E-state index is 11.9. The van der Waals surface area contributed by atoms with Gasteiger partial charge in [-0.2, -0.15) is 13.2 Å². The maximum Gasteiger partial charge on any atom is 0.434 e.